The number of hydrogen-bond donors (Lipinski definition) is 1. The van der Waals surface area contributed by atoms with E-state index in [2.05, 4.69) is 36.2 Å². The van der Waals surface area contributed by atoms with E-state index in [-0.39, 0.29) is 0 Å². The van der Waals surface area contributed by atoms with Gasteiger partial charge in [0.2, 0.25) is 0 Å². The van der Waals surface area contributed by atoms with Crippen LogP contribution in [0.3, 0.4) is 0 Å². The molecule has 2 heteroatoms. The first-order valence-corrected chi connectivity index (χ1v) is 4.94. The number of nitrogens with one attached hydrogen (secondary N) is 1. The van der Waals surface area contributed by atoms with Crippen LogP contribution < -0.4 is 5.32 Å². The van der Waals surface area contributed by atoms with Gasteiger partial charge in [0, 0.05) is 25.7 Å². The van der Waals surface area contributed by atoms with Gasteiger partial charge in [-0.3, -0.25) is 4.90 Å². The summed E-state index contributed by atoms with van der Waals surface area (Å²) >= 11 is 0. The molecule has 0 saturated carbocycles. The fourth-order valence-electron chi connectivity index (χ4n) is 1.54. The molecule has 1 N–H and O–H groups in total. The molecule has 1 atom stereocenters. The highest BCUT2D eigenvalue weighted by Crippen LogP contribution is 2.05. The Labute approximate surface area is 75.6 Å². The van der Waals surface area contributed by atoms with Crippen LogP contribution in [-0.4, -0.2) is 37.1 Å². The van der Waals surface area contributed by atoms with Crippen molar-refractivity contribution in [2.45, 2.75) is 26.3 Å². The summed E-state index contributed by atoms with van der Waals surface area (Å²) in [5, 5.41) is 3.38. The molecule has 0 aromatic carbocycles. The van der Waals surface area contributed by atoms with Crippen LogP contribution in [0.2, 0.25) is 0 Å². The average molecular weight is 168 g/mol. The highest BCUT2D eigenvalue weighted by molar-refractivity contribution is 4.92. The Bertz CT molecular complexity index is 143. The lowest BCUT2D eigenvalue weighted by Crippen LogP contribution is -2.41. The Morgan fingerprint density at radius 3 is 2.92 bits per heavy atom. The van der Waals surface area contributed by atoms with Crippen LogP contribution in [0.4, 0.5) is 0 Å². The van der Waals surface area contributed by atoms with Crippen molar-refractivity contribution >= 4 is 0 Å². The molecule has 0 radical (unpaired) electrons. The van der Waals surface area contributed by atoms with Gasteiger partial charge in [0.1, 0.15) is 0 Å². The highest BCUT2D eigenvalue weighted by atomic mass is 15.2. The highest BCUT2D eigenvalue weighted by Gasteiger charge is 2.12. The van der Waals surface area contributed by atoms with Crippen LogP contribution in [-0.2, 0) is 0 Å². The number of rotatable bonds is 4. The zero-order chi connectivity index (χ0) is 8.81. The molecule has 0 fully saturated rings. The quantitative estimate of drug-likeness (QED) is 0.635. The van der Waals surface area contributed by atoms with Crippen molar-refractivity contribution in [2.75, 3.05) is 26.2 Å². The molecule has 0 spiro atoms. The molecule has 12 heavy (non-hydrogen) atoms. The van der Waals surface area contributed by atoms with Crippen LogP contribution in [0, 0.1) is 0 Å². The van der Waals surface area contributed by atoms with E-state index in [9.17, 15) is 0 Å². The molecule has 1 unspecified atom stereocenters. The van der Waals surface area contributed by atoms with Gasteiger partial charge in [0.25, 0.3) is 0 Å². The van der Waals surface area contributed by atoms with Crippen molar-refractivity contribution in [1.82, 2.24) is 10.2 Å². The second kappa shape index (κ2) is 5.33. The third-order valence-corrected chi connectivity index (χ3v) is 2.40. The molecule has 0 aromatic rings. The van der Waals surface area contributed by atoms with Crippen molar-refractivity contribution in [3.05, 3.63) is 12.2 Å². The number of nitrogens with zero attached hydrogens (tertiary/aromatic N) is 1. The Hall–Kier alpha value is -0.340. The van der Waals surface area contributed by atoms with Crippen molar-refractivity contribution in [1.29, 1.82) is 0 Å². The maximum Gasteiger partial charge on any atom is 0.0195 e. The zero-order valence-corrected chi connectivity index (χ0v) is 8.21. The first-order chi connectivity index (χ1) is 5.84. The number of hydrogen-bond acceptors (Lipinski definition) is 2. The van der Waals surface area contributed by atoms with Crippen LogP contribution in [0.5, 0.6) is 0 Å². The van der Waals surface area contributed by atoms with E-state index >= 15 is 0 Å². The normalized spacial score (nSPS) is 21.2. The monoisotopic (exact) mass is 168 g/mol. The van der Waals surface area contributed by atoms with Gasteiger partial charge in [-0.15, -0.1) is 0 Å². The topological polar surface area (TPSA) is 15.3 Å². The molecule has 70 valence electrons. The van der Waals surface area contributed by atoms with Crippen LogP contribution in [0.25, 0.3) is 0 Å². The molecule has 1 rings (SSSR count). The van der Waals surface area contributed by atoms with E-state index in [0.29, 0.717) is 6.04 Å². The second-order valence-corrected chi connectivity index (χ2v) is 3.41. The lowest BCUT2D eigenvalue weighted by atomic mass is 10.2. The Balaban J connectivity index is 2.21. The van der Waals surface area contributed by atoms with Gasteiger partial charge in [0.15, 0.2) is 0 Å². The molecule has 1 aliphatic rings. The lowest BCUT2D eigenvalue weighted by Gasteiger charge is -2.29. The molecule has 0 saturated heterocycles. The molecule has 0 aromatic heterocycles. The zero-order valence-electron chi connectivity index (χ0n) is 8.21. The first-order valence-electron chi connectivity index (χ1n) is 4.94. The smallest absolute Gasteiger partial charge is 0.0195 e. The van der Waals surface area contributed by atoms with Crippen LogP contribution in [0.15, 0.2) is 12.2 Å². The molecular formula is C10H20N2. The van der Waals surface area contributed by atoms with Gasteiger partial charge in [-0.05, 0) is 19.9 Å². The molecule has 1 heterocycles. The minimum atomic E-state index is 0.676. The van der Waals surface area contributed by atoms with E-state index in [4.69, 9.17) is 0 Å². The van der Waals surface area contributed by atoms with Gasteiger partial charge in [0.05, 0.1) is 0 Å². The Morgan fingerprint density at radius 2 is 2.33 bits per heavy atom. The van der Waals surface area contributed by atoms with E-state index in [0.717, 1.165) is 19.6 Å². The van der Waals surface area contributed by atoms with E-state index in [1.165, 1.54) is 13.0 Å². The standard InChI is InChI=1S/C10H20N2/c1-3-11-9-10(2)12-7-5-4-6-8-12/h4-5,10-11H,3,6-9H2,1-2H3. The molecule has 1 aliphatic heterocycles. The van der Waals surface area contributed by atoms with E-state index in [1.54, 1.807) is 0 Å². The van der Waals surface area contributed by atoms with Crippen LogP contribution in [0.1, 0.15) is 20.3 Å². The Morgan fingerprint density at radius 1 is 1.50 bits per heavy atom. The summed E-state index contributed by atoms with van der Waals surface area (Å²) in [4.78, 5) is 2.52. The Kier molecular flexibility index (Phi) is 4.33. The summed E-state index contributed by atoms with van der Waals surface area (Å²) in [6.07, 6.45) is 5.76. The first kappa shape index (κ1) is 9.75. The SMILES string of the molecule is CCNCC(C)N1CC=CCC1. The molecule has 0 bridgehead atoms. The molecular weight excluding hydrogens is 148 g/mol. The maximum absolute atomic E-state index is 3.38. The summed E-state index contributed by atoms with van der Waals surface area (Å²) in [6.45, 7) is 9.00. The summed E-state index contributed by atoms with van der Waals surface area (Å²) < 4.78 is 0. The maximum atomic E-state index is 3.38. The van der Waals surface area contributed by atoms with E-state index in [1.807, 2.05) is 0 Å². The number of likely N-dealkylation sites (N-methyl/N-ethyl adjacent to an activating group) is 1. The van der Waals surface area contributed by atoms with Crippen molar-refractivity contribution in [3.63, 3.8) is 0 Å². The molecule has 0 amide bonds. The largest absolute Gasteiger partial charge is 0.315 e. The minimum absolute atomic E-state index is 0.676. The van der Waals surface area contributed by atoms with Gasteiger partial charge in [-0.1, -0.05) is 19.1 Å². The predicted molar refractivity (Wildman–Crippen MR) is 53.3 cm³/mol. The summed E-state index contributed by atoms with van der Waals surface area (Å²) in [7, 11) is 0. The molecule has 0 aliphatic carbocycles. The van der Waals surface area contributed by atoms with Gasteiger partial charge >= 0.3 is 0 Å². The van der Waals surface area contributed by atoms with Gasteiger partial charge < -0.3 is 5.32 Å². The second-order valence-electron chi connectivity index (χ2n) is 3.41. The van der Waals surface area contributed by atoms with Gasteiger partial charge in [-0.2, -0.15) is 0 Å². The van der Waals surface area contributed by atoms with E-state index < -0.39 is 0 Å². The predicted octanol–water partition coefficient (Wildman–Crippen LogP) is 1.25. The fourth-order valence-corrected chi connectivity index (χ4v) is 1.54. The molecule has 2 nitrogen and oxygen atoms in total. The lowest BCUT2D eigenvalue weighted by molar-refractivity contribution is 0.223. The van der Waals surface area contributed by atoms with Crippen LogP contribution >= 0.6 is 0 Å². The summed E-state index contributed by atoms with van der Waals surface area (Å²) in [5.41, 5.74) is 0. The van der Waals surface area contributed by atoms with Gasteiger partial charge in [-0.25, -0.2) is 0 Å². The fraction of sp³-hybridized carbons (Fsp3) is 0.800. The van der Waals surface area contributed by atoms with Crippen molar-refractivity contribution in [2.24, 2.45) is 0 Å². The summed E-state index contributed by atoms with van der Waals surface area (Å²) in [6, 6.07) is 0.676. The average Bonchev–Trinajstić information content (AvgIpc) is 2.15. The summed E-state index contributed by atoms with van der Waals surface area (Å²) in [5.74, 6) is 0. The van der Waals surface area contributed by atoms with Crippen molar-refractivity contribution in [3.8, 4) is 0 Å². The minimum Gasteiger partial charge on any atom is -0.315 e. The van der Waals surface area contributed by atoms with Crippen molar-refractivity contribution < 1.29 is 0 Å². The third-order valence-electron chi connectivity index (χ3n) is 2.40. The third kappa shape index (κ3) is 2.95.